The van der Waals surface area contributed by atoms with Gasteiger partial charge in [-0.25, -0.2) is 0 Å². The Morgan fingerprint density at radius 1 is 0.800 bits per heavy atom. The molecule has 4 N–H and O–H groups in total. The average molecular weight is 298 g/mol. The van der Waals surface area contributed by atoms with Gasteiger partial charge in [-0.15, -0.1) is 11.3 Å². The van der Waals surface area contributed by atoms with Gasteiger partial charge in [0, 0.05) is 14.7 Å². The van der Waals surface area contributed by atoms with Crippen LogP contribution in [-0.2, 0) is 0 Å². The molecule has 3 rings (SSSR count). The zero-order valence-corrected chi connectivity index (χ0v) is 12.4. The van der Waals surface area contributed by atoms with Crippen molar-refractivity contribution < 1.29 is 0 Å². The molecule has 100 valence electrons. The van der Waals surface area contributed by atoms with Crippen LogP contribution in [0.3, 0.4) is 0 Å². The first-order valence-corrected chi connectivity index (χ1v) is 7.89. The van der Waals surface area contributed by atoms with E-state index in [4.69, 9.17) is 11.5 Å². The van der Waals surface area contributed by atoms with Crippen LogP contribution in [0.4, 0.5) is 11.4 Å². The van der Waals surface area contributed by atoms with Crippen molar-refractivity contribution in [3.8, 4) is 10.4 Å². The summed E-state index contributed by atoms with van der Waals surface area (Å²) in [7, 11) is 0. The summed E-state index contributed by atoms with van der Waals surface area (Å²) in [6.07, 6.45) is 0. The summed E-state index contributed by atoms with van der Waals surface area (Å²) in [6.45, 7) is 0. The van der Waals surface area contributed by atoms with Gasteiger partial charge in [0.2, 0.25) is 0 Å². The number of benzene rings is 2. The molecule has 3 aromatic rings. The Morgan fingerprint density at radius 3 is 2.20 bits per heavy atom. The number of hydrogen-bond donors (Lipinski definition) is 2. The van der Waals surface area contributed by atoms with E-state index >= 15 is 0 Å². The SMILES string of the molecule is Nc1ccc(Sc2ccc(-c3cccs3)cc2)cc1N. The van der Waals surface area contributed by atoms with Crippen molar-refractivity contribution >= 4 is 34.5 Å². The summed E-state index contributed by atoms with van der Waals surface area (Å²) in [5, 5.41) is 2.09. The highest BCUT2D eigenvalue weighted by Crippen LogP contribution is 2.32. The third-order valence-electron chi connectivity index (χ3n) is 2.95. The van der Waals surface area contributed by atoms with Crippen molar-refractivity contribution in [1.29, 1.82) is 0 Å². The zero-order chi connectivity index (χ0) is 13.9. The number of nitrogens with two attached hydrogens (primary N) is 2. The van der Waals surface area contributed by atoms with Gasteiger partial charge in [0.15, 0.2) is 0 Å². The van der Waals surface area contributed by atoms with Gasteiger partial charge in [0.05, 0.1) is 11.4 Å². The van der Waals surface area contributed by atoms with Crippen LogP contribution in [0.25, 0.3) is 10.4 Å². The number of thiophene rings is 1. The molecule has 1 aromatic heterocycles. The summed E-state index contributed by atoms with van der Waals surface area (Å²) in [5.74, 6) is 0. The molecule has 0 fully saturated rings. The smallest absolute Gasteiger partial charge is 0.0559 e. The van der Waals surface area contributed by atoms with Gasteiger partial charge in [-0.3, -0.25) is 0 Å². The molecule has 0 aliphatic carbocycles. The summed E-state index contributed by atoms with van der Waals surface area (Å²) >= 11 is 3.44. The van der Waals surface area contributed by atoms with Gasteiger partial charge >= 0.3 is 0 Å². The van der Waals surface area contributed by atoms with Crippen LogP contribution in [0.1, 0.15) is 0 Å². The van der Waals surface area contributed by atoms with Crippen LogP contribution in [0.15, 0.2) is 69.8 Å². The van der Waals surface area contributed by atoms with E-state index in [0.717, 1.165) is 4.90 Å². The molecular weight excluding hydrogens is 284 g/mol. The lowest BCUT2D eigenvalue weighted by molar-refractivity contribution is 1.41. The van der Waals surface area contributed by atoms with Crippen molar-refractivity contribution in [2.24, 2.45) is 0 Å². The fraction of sp³-hybridized carbons (Fsp3) is 0. The predicted molar refractivity (Wildman–Crippen MR) is 89.1 cm³/mol. The fourth-order valence-corrected chi connectivity index (χ4v) is 3.48. The van der Waals surface area contributed by atoms with Gasteiger partial charge in [0.1, 0.15) is 0 Å². The van der Waals surface area contributed by atoms with Gasteiger partial charge in [-0.1, -0.05) is 30.0 Å². The first-order valence-electron chi connectivity index (χ1n) is 6.19. The van der Waals surface area contributed by atoms with Crippen molar-refractivity contribution in [3.05, 3.63) is 60.0 Å². The molecule has 0 aliphatic heterocycles. The Morgan fingerprint density at radius 2 is 1.55 bits per heavy atom. The number of anilines is 2. The highest BCUT2D eigenvalue weighted by molar-refractivity contribution is 7.99. The normalized spacial score (nSPS) is 10.6. The van der Waals surface area contributed by atoms with Crippen LogP contribution >= 0.6 is 23.1 Å². The molecule has 1 heterocycles. The number of rotatable bonds is 3. The fourth-order valence-electron chi connectivity index (χ4n) is 1.88. The van der Waals surface area contributed by atoms with E-state index in [9.17, 15) is 0 Å². The molecule has 20 heavy (non-hydrogen) atoms. The Hall–Kier alpha value is -1.91. The zero-order valence-electron chi connectivity index (χ0n) is 10.7. The molecule has 0 unspecified atom stereocenters. The summed E-state index contributed by atoms with van der Waals surface area (Å²) in [4.78, 5) is 3.58. The quantitative estimate of drug-likeness (QED) is 0.687. The van der Waals surface area contributed by atoms with E-state index in [1.54, 1.807) is 23.1 Å². The first kappa shape index (κ1) is 13.1. The maximum absolute atomic E-state index is 5.83. The third kappa shape index (κ3) is 2.81. The molecular formula is C16H14N2S2. The number of nitrogen functional groups attached to an aromatic ring is 2. The van der Waals surface area contributed by atoms with E-state index in [-0.39, 0.29) is 0 Å². The second kappa shape index (κ2) is 5.61. The standard InChI is InChI=1S/C16H14N2S2/c17-14-8-7-13(10-15(14)18)20-12-5-3-11(4-6-12)16-2-1-9-19-16/h1-10H,17-18H2. The minimum absolute atomic E-state index is 0.627. The minimum atomic E-state index is 0.627. The van der Waals surface area contributed by atoms with Gasteiger partial charge in [-0.2, -0.15) is 0 Å². The van der Waals surface area contributed by atoms with Gasteiger partial charge in [-0.05, 0) is 47.3 Å². The van der Waals surface area contributed by atoms with Crippen molar-refractivity contribution in [3.63, 3.8) is 0 Å². The predicted octanol–water partition coefficient (Wildman–Crippen LogP) is 4.73. The molecule has 4 heteroatoms. The maximum Gasteiger partial charge on any atom is 0.0559 e. The second-order valence-electron chi connectivity index (χ2n) is 4.39. The highest BCUT2D eigenvalue weighted by Gasteiger charge is 2.02. The molecule has 0 saturated heterocycles. The Balaban J connectivity index is 1.79. The molecule has 0 radical (unpaired) electrons. The monoisotopic (exact) mass is 298 g/mol. The molecule has 0 spiro atoms. The van der Waals surface area contributed by atoms with E-state index in [2.05, 4.69) is 41.8 Å². The lowest BCUT2D eigenvalue weighted by atomic mass is 10.2. The van der Waals surface area contributed by atoms with Crippen LogP contribution in [0.2, 0.25) is 0 Å². The van der Waals surface area contributed by atoms with E-state index in [1.165, 1.54) is 15.3 Å². The molecule has 0 aliphatic rings. The van der Waals surface area contributed by atoms with Crippen molar-refractivity contribution in [1.82, 2.24) is 0 Å². The Kier molecular flexibility index (Phi) is 3.67. The molecule has 0 amide bonds. The summed E-state index contributed by atoms with van der Waals surface area (Å²) in [6, 6.07) is 18.5. The molecule has 2 aromatic carbocycles. The second-order valence-corrected chi connectivity index (χ2v) is 6.49. The number of hydrogen-bond acceptors (Lipinski definition) is 4. The molecule has 0 bridgehead atoms. The summed E-state index contributed by atoms with van der Waals surface area (Å²) < 4.78 is 0. The lowest BCUT2D eigenvalue weighted by Gasteiger charge is -2.05. The van der Waals surface area contributed by atoms with E-state index in [1.807, 2.05) is 18.2 Å². The van der Waals surface area contributed by atoms with Crippen LogP contribution in [0.5, 0.6) is 0 Å². The largest absolute Gasteiger partial charge is 0.397 e. The topological polar surface area (TPSA) is 52.0 Å². The average Bonchev–Trinajstić information content (AvgIpc) is 2.98. The minimum Gasteiger partial charge on any atom is -0.397 e. The molecule has 2 nitrogen and oxygen atoms in total. The van der Waals surface area contributed by atoms with E-state index in [0.29, 0.717) is 11.4 Å². The third-order valence-corrected chi connectivity index (χ3v) is 4.87. The van der Waals surface area contributed by atoms with E-state index < -0.39 is 0 Å². The first-order chi connectivity index (χ1) is 9.72. The van der Waals surface area contributed by atoms with Crippen LogP contribution < -0.4 is 11.5 Å². The lowest BCUT2D eigenvalue weighted by Crippen LogP contribution is -1.93. The van der Waals surface area contributed by atoms with Crippen LogP contribution in [0, 0.1) is 0 Å². The van der Waals surface area contributed by atoms with Gasteiger partial charge in [0.25, 0.3) is 0 Å². The molecule has 0 atom stereocenters. The van der Waals surface area contributed by atoms with Crippen LogP contribution in [-0.4, -0.2) is 0 Å². The Labute approximate surface area is 126 Å². The van der Waals surface area contributed by atoms with Crippen molar-refractivity contribution in [2.75, 3.05) is 11.5 Å². The Bertz CT molecular complexity index is 704. The maximum atomic E-state index is 5.83. The highest BCUT2D eigenvalue weighted by atomic mass is 32.2. The summed E-state index contributed by atoms with van der Waals surface area (Å²) in [5.41, 5.74) is 14.1. The van der Waals surface area contributed by atoms with Crippen molar-refractivity contribution in [2.45, 2.75) is 9.79 Å². The van der Waals surface area contributed by atoms with Gasteiger partial charge < -0.3 is 11.5 Å². The molecule has 0 saturated carbocycles.